The van der Waals surface area contributed by atoms with Gasteiger partial charge in [-0.2, -0.15) is 0 Å². The van der Waals surface area contributed by atoms with Gasteiger partial charge in [0, 0.05) is 52.4 Å². The lowest BCUT2D eigenvalue weighted by atomic mass is 9.99. The number of benzene rings is 1. The van der Waals surface area contributed by atoms with Crippen molar-refractivity contribution >= 4 is 11.5 Å². The molecule has 0 saturated carbocycles. The van der Waals surface area contributed by atoms with Gasteiger partial charge in [0.15, 0.2) is 5.96 Å². The van der Waals surface area contributed by atoms with E-state index in [9.17, 15) is 0 Å². The van der Waals surface area contributed by atoms with Crippen molar-refractivity contribution in [2.45, 2.75) is 12.5 Å². The fraction of sp³-hybridized carbons (Fsp3) is 0.571. The zero-order valence-corrected chi connectivity index (χ0v) is 17.1. The molecule has 1 aromatic carbocycles. The zero-order chi connectivity index (χ0) is 19.2. The summed E-state index contributed by atoms with van der Waals surface area (Å²) in [5.74, 6) is 1.91. The second-order valence-electron chi connectivity index (χ2n) is 7.48. The van der Waals surface area contributed by atoms with E-state index >= 15 is 0 Å². The van der Waals surface area contributed by atoms with E-state index in [-0.39, 0.29) is 0 Å². The highest BCUT2D eigenvalue weighted by atomic mass is 16.5. The molecule has 0 amide bonds. The molecule has 1 N–H and O–H groups in total. The normalized spacial score (nSPS) is 22.5. The van der Waals surface area contributed by atoms with Crippen molar-refractivity contribution in [3.63, 3.8) is 0 Å². The molecule has 2 heterocycles. The average molecular weight is 372 g/mol. The van der Waals surface area contributed by atoms with E-state index in [4.69, 9.17) is 4.74 Å². The first-order chi connectivity index (χ1) is 13.1. The Hall–Kier alpha value is -2.05. The SMILES string of the molecule is CN=C(NCC1CN(C)CCN1C)N1CC=C(c2cccc(OC)c2)CC1. The number of nitrogens with zero attached hydrogens (tertiary/aromatic N) is 4. The molecule has 1 fully saturated rings. The molecule has 1 unspecified atom stereocenters. The number of rotatable bonds is 4. The summed E-state index contributed by atoms with van der Waals surface area (Å²) in [6.45, 7) is 6.15. The van der Waals surface area contributed by atoms with Crippen molar-refractivity contribution in [2.24, 2.45) is 4.99 Å². The van der Waals surface area contributed by atoms with E-state index in [0.717, 1.165) is 57.4 Å². The molecule has 148 valence electrons. The van der Waals surface area contributed by atoms with Gasteiger partial charge in [-0.1, -0.05) is 18.2 Å². The maximum atomic E-state index is 5.35. The number of hydrogen-bond donors (Lipinski definition) is 1. The maximum Gasteiger partial charge on any atom is 0.193 e. The summed E-state index contributed by atoms with van der Waals surface area (Å²) in [6.07, 6.45) is 3.32. The Kier molecular flexibility index (Phi) is 6.74. The predicted molar refractivity (Wildman–Crippen MR) is 112 cm³/mol. The number of guanidine groups is 1. The molecular weight excluding hydrogens is 338 g/mol. The van der Waals surface area contributed by atoms with E-state index in [2.05, 4.69) is 63.4 Å². The number of methoxy groups -OCH3 is 1. The van der Waals surface area contributed by atoms with Gasteiger partial charge in [0.1, 0.15) is 5.75 Å². The Bertz CT molecular complexity index is 687. The fourth-order valence-electron chi connectivity index (χ4n) is 3.81. The first kappa shape index (κ1) is 19.7. The second kappa shape index (κ2) is 9.24. The third kappa shape index (κ3) is 5.02. The highest BCUT2D eigenvalue weighted by Crippen LogP contribution is 2.25. The van der Waals surface area contributed by atoms with Crippen LogP contribution in [0.4, 0.5) is 0 Å². The lowest BCUT2D eigenvalue weighted by molar-refractivity contribution is 0.116. The van der Waals surface area contributed by atoms with E-state index in [0.29, 0.717) is 6.04 Å². The molecule has 3 rings (SSSR count). The van der Waals surface area contributed by atoms with E-state index in [1.165, 1.54) is 11.1 Å². The highest BCUT2D eigenvalue weighted by Gasteiger charge is 2.23. The first-order valence-corrected chi connectivity index (χ1v) is 9.78. The summed E-state index contributed by atoms with van der Waals surface area (Å²) in [5, 5.41) is 3.59. The van der Waals surface area contributed by atoms with Crippen molar-refractivity contribution in [2.75, 3.05) is 67.5 Å². The number of piperazine rings is 1. The van der Waals surface area contributed by atoms with Crippen molar-refractivity contribution in [3.05, 3.63) is 35.9 Å². The molecule has 0 radical (unpaired) electrons. The summed E-state index contributed by atoms with van der Waals surface area (Å²) in [4.78, 5) is 11.7. The van der Waals surface area contributed by atoms with Crippen LogP contribution in [-0.4, -0.2) is 94.2 Å². The minimum Gasteiger partial charge on any atom is -0.497 e. The van der Waals surface area contributed by atoms with Crippen molar-refractivity contribution in [1.29, 1.82) is 0 Å². The van der Waals surface area contributed by atoms with E-state index in [1.807, 2.05) is 13.1 Å². The van der Waals surface area contributed by atoms with Crippen molar-refractivity contribution in [1.82, 2.24) is 20.0 Å². The molecule has 0 spiro atoms. The number of hydrogen-bond acceptors (Lipinski definition) is 4. The molecule has 2 aliphatic rings. The Morgan fingerprint density at radius 3 is 2.81 bits per heavy atom. The molecule has 2 aliphatic heterocycles. The van der Waals surface area contributed by atoms with Gasteiger partial charge >= 0.3 is 0 Å². The van der Waals surface area contributed by atoms with Crippen LogP contribution >= 0.6 is 0 Å². The molecule has 0 aromatic heterocycles. The predicted octanol–water partition coefficient (Wildman–Crippen LogP) is 1.61. The smallest absolute Gasteiger partial charge is 0.193 e. The molecule has 0 aliphatic carbocycles. The first-order valence-electron chi connectivity index (χ1n) is 9.78. The largest absolute Gasteiger partial charge is 0.497 e. The van der Waals surface area contributed by atoms with Crippen LogP contribution in [0.5, 0.6) is 5.75 Å². The van der Waals surface area contributed by atoms with Gasteiger partial charge in [-0.15, -0.1) is 0 Å². The van der Waals surface area contributed by atoms with Gasteiger partial charge in [-0.3, -0.25) is 9.89 Å². The second-order valence-corrected chi connectivity index (χ2v) is 7.48. The lowest BCUT2D eigenvalue weighted by Gasteiger charge is -2.38. The van der Waals surface area contributed by atoms with E-state index in [1.54, 1.807) is 7.11 Å². The summed E-state index contributed by atoms with van der Waals surface area (Å²) in [5.41, 5.74) is 2.64. The molecule has 27 heavy (non-hydrogen) atoms. The Morgan fingerprint density at radius 2 is 2.11 bits per heavy atom. The van der Waals surface area contributed by atoms with Crippen LogP contribution < -0.4 is 10.1 Å². The number of nitrogens with one attached hydrogen (secondary N) is 1. The topological polar surface area (TPSA) is 43.3 Å². The molecule has 1 aromatic rings. The molecular formula is C21H33N5O. The molecule has 0 bridgehead atoms. The van der Waals surface area contributed by atoms with Crippen molar-refractivity contribution in [3.8, 4) is 5.75 Å². The average Bonchev–Trinajstić information content (AvgIpc) is 2.71. The summed E-state index contributed by atoms with van der Waals surface area (Å²) >= 11 is 0. The Labute approximate surface area is 163 Å². The van der Waals surface area contributed by atoms with Gasteiger partial charge in [-0.25, -0.2) is 0 Å². The van der Waals surface area contributed by atoms with Gasteiger partial charge in [0.2, 0.25) is 0 Å². The standard InChI is InChI=1S/C21H33N5O/c1-22-21(23-15-19-16-24(2)12-13-25(19)3)26-10-8-17(9-11-26)18-6-5-7-20(14-18)27-4/h5-8,14,19H,9-13,15-16H2,1-4H3,(H,22,23). The Balaban J connectivity index is 1.57. The van der Waals surface area contributed by atoms with Crippen LogP contribution in [0.1, 0.15) is 12.0 Å². The number of aliphatic imine (C=N–C) groups is 1. The van der Waals surface area contributed by atoms with Crippen LogP contribution in [0, 0.1) is 0 Å². The molecule has 1 saturated heterocycles. The summed E-state index contributed by atoms with van der Waals surface area (Å²) in [7, 11) is 8.00. The van der Waals surface area contributed by atoms with Crippen LogP contribution in [0.25, 0.3) is 5.57 Å². The van der Waals surface area contributed by atoms with Crippen LogP contribution in [0.15, 0.2) is 35.3 Å². The maximum absolute atomic E-state index is 5.35. The van der Waals surface area contributed by atoms with Crippen LogP contribution in [0.3, 0.4) is 0 Å². The quantitative estimate of drug-likeness (QED) is 0.643. The monoisotopic (exact) mass is 371 g/mol. The number of ether oxygens (including phenoxy) is 1. The van der Waals surface area contributed by atoms with E-state index < -0.39 is 0 Å². The Morgan fingerprint density at radius 1 is 1.26 bits per heavy atom. The van der Waals surface area contributed by atoms with Gasteiger partial charge in [0.25, 0.3) is 0 Å². The zero-order valence-electron chi connectivity index (χ0n) is 17.1. The summed E-state index contributed by atoms with van der Waals surface area (Å²) in [6, 6.07) is 8.84. The fourth-order valence-corrected chi connectivity index (χ4v) is 3.81. The molecule has 6 heteroatoms. The van der Waals surface area contributed by atoms with Crippen molar-refractivity contribution < 1.29 is 4.74 Å². The van der Waals surface area contributed by atoms with Gasteiger partial charge < -0.3 is 19.9 Å². The minimum atomic E-state index is 0.521. The molecule has 6 nitrogen and oxygen atoms in total. The third-order valence-corrected chi connectivity index (χ3v) is 5.64. The highest BCUT2D eigenvalue weighted by molar-refractivity contribution is 5.81. The van der Waals surface area contributed by atoms with Crippen LogP contribution in [0.2, 0.25) is 0 Å². The van der Waals surface area contributed by atoms with Gasteiger partial charge in [0.05, 0.1) is 7.11 Å². The summed E-state index contributed by atoms with van der Waals surface area (Å²) < 4.78 is 5.35. The van der Waals surface area contributed by atoms with Crippen LogP contribution in [-0.2, 0) is 0 Å². The minimum absolute atomic E-state index is 0.521. The lowest BCUT2D eigenvalue weighted by Crippen LogP contribution is -2.56. The number of likely N-dealkylation sites (N-methyl/N-ethyl adjacent to an activating group) is 2. The van der Waals surface area contributed by atoms with Gasteiger partial charge in [-0.05, 0) is 43.8 Å². The third-order valence-electron chi connectivity index (χ3n) is 5.64. The molecule has 1 atom stereocenters.